The first-order valence-electron chi connectivity index (χ1n) is 5.66. The second-order valence-corrected chi connectivity index (χ2v) is 4.68. The van der Waals surface area contributed by atoms with Crippen molar-refractivity contribution in [1.29, 1.82) is 0 Å². The maximum Gasteiger partial charge on any atom is 0.180 e. The second kappa shape index (κ2) is 3.52. The number of aromatic nitrogens is 4. The lowest BCUT2D eigenvalue weighted by molar-refractivity contribution is 0.142. The third-order valence-electron chi connectivity index (χ3n) is 3.60. The first-order chi connectivity index (χ1) is 7.81. The van der Waals surface area contributed by atoms with Gasteiger partial charge in [0.25, 0.3) is 0 Å². The highest BCUT2D eigenvalue weighted by Crippen LogP contribution is 2.42. The zero-order chi connectivity index (χ0) is 11.0. The van der Waals surface area contributed by atoms with E-state index in [1.807, 2.05) is 0 Å². The fraction of sp³-hybridized carbons (Fsp3) is 0.545. The first-order valence-corrected chi connectivity index (χ1v) is 5.66. The Kier molecular flexibility index (Phi) is 2.14. The average molecular weight is 217 g/mol. The molecule has 2 aromatic heterocycles. The largest absolute Gasteiger partial charge is 0.339 e. The van der Waals surface area contributed by atoms with Crippen LogP contribution in [0, 0.1) is 5.41 Å². The normalized spacial score (nSPS) is 18.6. The zero-order valence-electron chi connectivity index (χ0n) is 9.11. The highest BCUT2D eigenvalue weighted by atomic mass is 15.0. The van der Waals surface area contributed by atoms with Crippen molar-refractivity contribution in [1.82, 2.24) is 19.9 Å². The Morgan fingerprint density at radius 1 is 1.44 bits per heavy atom. The van der Waals surface area contributed by atoms with Crippen LogP contribution < -0.4 is 5.73 Å². The SMILES string of the molecule is NCC1(Cc2nc3ncncc3[nH]2)CCC1. The van der Waals surface area contributed by atoms with Crippen molar-refractivity contribution in [2.24, 2.45) is 11.1 Å². The molecule has 2 aromatic rings. The van der Waals surface area contributed by atoms with Gasteiger partial charge in [-0.15, -0.1) is 0 Å². The minimum atomic E-state index is 0.279. The molecule has 1 fully saturated rings. The summed E-state index contributed by atoms with van der Waals surface area (Å²) in [6.07, 6.45) is 7.93. The summed E-state index contributed by atoms with van der Waals surface area (Å²) in [5.74, 6) is 0.987. The van der Waals surface area contributed by atoms with Crippen molar-refractivity contribution < 1.29 is 0 Å². The summed E-state index contributed by atoms with van der Waals surface area (Å²) >= 11 is 0. The molecule has 0 aliphatic heterocycles. The van der Waals surface area contributed by atoms with Gasteiger partial charge in [0.1, 0.15) is 17.7 Å². The zero-order valence-corrected chi connectivity index (χ0v) is 9.11. The Hall–Kier alpha value is -1.49. The molecule has 0 atom stereocenters. The number of fused-ring (bicyclic) bond motifs is 1. The summed E-state index contributed by atoms with van der Waals surface area (Å²) in [6.45, 7) is 0.746. The lowest BCUT2D eigenvalue weighted by Crippen LogP contribution is -2.39. The van der Waals surface area contributed by atoms with E-state index in [1.54, 1.807) is 6.20 Å². The highest BCUT2D eigenvalue weighted by molar-refractivity contribution is 5.68. The number of nitrogens with zero attached hydrogens (tertiary/aromatic N) is 3. The van der Waals surface area contributed by atoms with E-state index in [1.165, 1.54) is 25.6 Å². The van der Waals surface area contributed by atoms with E-state index in [0.717, 1.165) is 30.0 Å². The van der Waals surface area contributed by atoms with Crippen molar-refractivity contribution in [3.05, 3.63) is 18.3 Å². The van der Waals surface area contributed by atoms with Crippen LogP contribution in [0.4, 0.5) is 0 Å². The molecule has 5 heteroatoms. The molecule has 2 heterocycles. The summed E-state index contributed by atoms with van der Waals surface area (Å²) < 4.78 is 0. The van der Waals surface area contributed by atoms with Crippen molar-refractivity contribution in [2.75, 3.05) is 6.54 Å². The van der Waals surface area contributed by atoms with Crippen LogP contribution in [0.1, 0.15) is 25.1 Å². The number of imidazole rings is 1. The summed E-state index contributed by atoms with van der Waals surface area (Å²) in [5, 5.41) is 0. The van der Waals surface area contributed by atoms with Gasteiger partial charge in [-0.25, -0.2) is 15.0 Å². The standard InChI is InChI=1S/C11H15N5/c12-6-11(2-1-3-11)4-9-15-8-5-13-7-14-10(8)16-9/h5,7H,1-4,6,12H2,(H,13,14,15,16). The van der Waals surface area contributed by atoms with Gasteiger partial charge in [0.15, 0.2) is 5.65 Å². The van der Waals surface area contributed by atoms with Crippen LogP contribution in [0.15, 0.2) is 12.5 Å². The molecule has 0 aromatic carbocycles. The van der Waals surface area contributed by atoms with Gasteiger partial charge >= 0.3 is 0 Å². The van der Waals surface area contributed by atoms with Crippen molar-refractivity contribution in [2.45, 2.75) is 25.7 Å². The molecule has 3 rings (SSSR count). The molecule has 3 N–H and O–H groups in total. The van der Waals surface area contributed by atoms with Gasteiger partial charge in [-0.2, -0.15) is 0 Å². The summed E-state index contributed by atoms with van der Waals surface area (Å²) in [5.41, 5.74) is 7.77. The molecule has 5 nitrogen and oxygen atoms in total. The number of hydrogen-bond donors (Lipinski definition) is 2. The fourth-order valence-corrected chi connectivity index (χ4v) is 2.38. The molecule has 0 radical (unpaired) electrons. The molecular formula is C11H15N5. The van der Waals surface area contributed by atoms with Crippen LogP contribution in [0.3, 0.4) is 0 Å². The maximum absolute atomic E-state index is 5.84. The van der Waals surface area contributed by atoms with Crippen molar-refractivity contribution >= 4 is 11.2 Å². The van der Waals surface area contributed by atoms with Gasteiger partial charge in [0, 0.05) is 6.42 Å². The smallest absolute Gasteiger partial charge is 0.180 e. The van der Waals surface area contributed by atoms with Crippen molar-refractivity contribution in [3.63, 3.8) is 0 Å². The molecule has 0 unspecified atom stereocenters. The van der Waals surface area contributed by atoms with E-state index < -0.39 is 0 Å². The van der Waals surface area contributed by atoms with Crippen LogP contribution >= 0.6 is 0 Å². The van der Waals surface area contributed by atoms with E-state index in [2.05, 4.69) is 19.9 Å². The number of nitrogens with one attached hydrogen (secondary N) is 1. The second-order valence-electron chi connectivity index (χ2n) is 4.68. The Bertz CT molecular complexity index is 461. The van der Waals surface area contributed by atoms with Gasteiger partial charge in [-0.3, -0.25) is 0 Å². The van der Waals surface area contributed by atoms with Crippen LogP contribution in [0.5, 0.6) is 0 Å². The molecular weight excluding hydrogens is 202 g/mol. The van der Waals surface area contributed by atoms with E-state index in [-0.39, 0.29) is 5.41 Å². The van der Waals surface area contributed by atoms with Gasteiger partial charge in [-0.05, 0) is 24.8 Å². The Morgan fingerprint density at radius 2 is 2.31 bits per heavy atom. The molecule has 1 saturated carbocycles. The van der Waals surface area contributed by atoms with Gasteiger partial charge in [0.05, 0.1) is 6.20 Å². The predicted molar refractivity (Wildman–Crippen MR) is 60.7 cm³/mol. The Morgan fingerprint density at radius 3 is 2.94 bits per heavy atom. The molecule has 0 saturated heterocycles. The van der Waals surface area contributed by atoms with Crippen LogP contribution in [-0.4, -0.2) is 26.5 Å². The Balaban J connectivity index is 1.89. The van der Waals surface area contributed by atoms with E-state index in [0.29, 0.717) is 0 Å². The fourth-order valence-electron chi connectivity index (χ4n) is 2.38. The Labute approximate surface area is 93.5 Å². The van der Waals surface area contributed by atoms with Gasteiger partial charge in [-0.1, -0.05) is 6.42 Å². The molecule has 84 valence electrons. The summed E-state index contributed by atoms with van der Waals surface area (Å²) in [6, 6.07) is 0. The number of hydrogen-bond acceptors (Lipinski definition) is 4. The molecule has 0 amide bonds. The minimum Gasteiger partial charge on any atom is -0.339 e. The van der Waals surface area contributed by atoms with Gasteiger partial charge in [0.2, 0.25) is 0 Å². The van der Waals surface area contributed by atoms with Crippen molar-refractivity contribution in [3.8, 4) is 0 Å². The van der Waals surface area contributed by atoms with Gasteiger partial charge < -0.3 is 10.7 Å². The summed E-state index contributed by atoms with van der Waals surface area (Å²) in [4.78, 5) is 15.8. The van der Waals surface area contributed by atoms with Crippen LogP contribution in [0.2, 0.25) is 0 Å². The number of aromatic amines is 1. The van der Waals surface area contributed by atoms with E-state index in [4.69, 9.17) is 5.73 Å². The number of H-pyrrole nitrogens is 1. The van der Waals surface area contributed by atoms with E-state index in [9.17, 15) is 0 Å². The third-order valence-corrected chi connectivity index (χ3v) is 3.60. The summed E-state index contributed by atoms with van der Waals surface area (Å²) in [7, 11) is 0. The molecule has 16 heavy (non-hydrogen) atoms. The third kappa shape index (κ3) is 1.48. The molecule has 1 aliphatic rings. The predicted octanol–water partition coefficient (Wildman–Crippen LogP) is 1.02. The number of nitrogens with two attached hydrogens (primary N) is 1. The maximum atomic E-state index is 5.84. The van der Waals surface area contributed by atoms with Crippen LogP contribution in [-0.2, 0) is 6.42 Å². The molecule has 0 spiro atoms. The first kappa shape index (κ1) is 9.72. The monoisotopic (exact) mass is 217 g/mol. The quantitative estimate of drug-likeness (QED) is 0.804. The number of rotatable bonds is 3. The topological polar surface area (TPSA) is 80.5 Å². The molecule has 0 bridgehead atoms. The minimum absolute atomic E-state index is 0.279. The lowest BCUT2D eigenvalue weighted by Gasteiger charge is -2.40. The average Bonchev–Trinajstić information content (AvgIpc) is 2.65. The lowest BCUT2D eigenvalue weighted by atomic mass is 9.66. The highest BCUT2D eigenvalue weighted by Gasteiger charge is 2.36. The van der Waals surface area contributed by atoms with E-state index >= 15 is 0 Å². The molecule has 1 aliphatic carbocycles. The van der Waals surface area contributed by atoms with Crippen LogP contribution in [0.25, 0.3) is 11.2 Å².